The van der Waals surface area contributed by atoms with Crippen LogP contribution in [-0.2, 0) is 0 Å². The van der Waals surface area contributed by atoms with E-state index < -0.39 is 0 Å². The first-order chi connectivity index (χ1) is 12.1. The minimum atomic E-state index is -0.310. The summed E-state index contributed by atoms with van der Waals surface area (Å²) in [5.41, 5.74) is 1.17. The zero-order valence-electron chi connectivity index (χ0n) is 13.4. The standard InChI is InChI=1S/C21H16ClFOS/c22-16-10-12-17(13-11-16)25-21(18-8-4-5-9-19(18)23)14-20(24)15-6-2-1-3-7-15/h1-13,21H,14H2. The third-order valence-electron chi connectivity index (χ3n) is 3.81. The Bertz CT molecular complexity index is 849. The number of carbonyl (C=O) groups is 1. The summed E-state index contributed by atoms with van der Waals surface area (Å²) in [5, 5.41) is 0.335. The Kier molecular flexibility index (Phi) is 5.90. The van der Waals surface area contributed by atoms with Crippen LogP contribution in [0.25, 0.3) is 0 Å². The van der Waals surface area contributed by atoms with Crippen molar-refractivity contribution < 1.29 is 9.18 Å². The van der Waals surface area contributed by atoms with Gasteiger partial charge in [-0.2, -0.15) is 0 Å². The normalized spacial score (nSPS) is 11.9. The molecule has 126 valence electrons. The van der Waals surface area contributed by atoms with Gasteiger partial charge in [0.15, 0.2) is 5.78 Å². The summed E-state index contributed by atoms with van der Waals surface area (Å²) in [6, 6.07) is 23.1. The molecule has 0 fully saturated rings. The fourth-order valence-corrected chi connectivity index (χ4v) is 3.84. The molecule has 0 N–H and O–H groups in total. The molecule has 1 nitrogen and oxygen atoms in total. The quantitative estimate of drug-likeness (QED) is 0.360. The minimum Gasteiger partial charge on any atom is -0.294 e. The van der Waals surface area contributed by atoms with Gasteiger partial charge in [0.25, 0.3) is 0 Å². The van der Waals surface area contributed by atoms with E-state index >= 15 is 0 Å². The van der Waals surface area contributed by atoms with Crippen LogP contribution < -0.4 is 0 Å². The lowest BCUT2D eigenvalue weighted by atomic mass is 10.0. The SMILES string of the molecule is O=C(CC(Sc1ccc(Cl)cc1)c1ccccc1F)c1ccccc1. The molecule has 0 spiro atoms. The highest BCUT2D eigenvalue weighted by Crippen LogP contribution is 2.39. The van der Waals surface area contributed by atoms with Crippen molar-refractivity contribution in [3.63, 3.8) is 0 Å². The Morgan fingerprint density at radius 1 is 0.920 bits per heavy atom. The minimum absolute atomic E-state index is 0.00434. The molecule has 0 bridgehead atoms. The molecule has 0 saturated carbocycles. The van der Waals surface area contributed by atoms with E-state index in [9.17, 15) is 9.18 Å². The first-order valence-corrected chi connectivity index (χ1v) is 9.14. The molecule has 0 aliphatic rings. The summed E-state index contributed by atoms with van der Waals surface area (Å²) in [5.74, 6) is -0.301. The first kappa shape index (κ1) is 17.7. The monoisotopic (exact) mass is 370 g/mol. The van der Waals surface area contributed by atoms with Crippen LogP contribution in [0.1, 0.15) is 27.6 Å². The molecule has 25 heavy (non-hydrogen) atoms. The molecule has 3 aromatic rings. The molecular formula is C21H16ClFOS. The lowest BCUT2D eigenvalue weighted by Crippen LogP contribution is -2.07. The number of ketones is 1. The molecule has 0 aromatic heterocycles. The van der Waals surface area contributed by atoms with Crippen molar-refractivity contribution in [1.82, 2.24) is 0 Å². The van der Waals surface area contributed by atoms with Crippen LogP contribution in [0.15, 0.2) is 83.8 Å². The Morgan fingerprint density at radius 3 is 2.24 bits per heavy atom. The third kappa shape index (κ3) is 4.71. The number of hydrogen-bond donors (Lipinski definition) is 0. The maximum absolute atomic E-state index is 14.3. The Labute approximate surface area is 155 Å². The number of rotatable bonds is 6. The number of thioether (sulfide) groups is 1. The maximum Gasteiger partial charge on any atom is 0.164 e. The summed E-state index contributed by atoms with van der Waals surface area (Å²) in [7, 11) is 0. The van der Waals surface area contributed by atoms with Gasteiger partial charge in [0.2, 0.25) is 0 Å². The van der Waals surface area contributed by atoms with Gasteiger partial charge in [-0.1, -0.05) is 60.1 Å². The van der Waals surface area contributed by atoms with Crippen molar-refractivity contribution >= 4 is 29.1 Å². The van der Waals surface area contributed by atoms with E-state index in [1.165, 1.54) is 17.8 Å². The number of carbonyl (C=O) groups excluding carboxylic acids is 1. The van der Waals surface area contributed by atoms with Gasteiger partial charge in [-0.05, 0) is 30.3 Å². The van der Waals surface area contributed by atoms with Crippen molar-refractivity contribution in [1.29, 1.82) is 0 Å². The molecule has 0 aliphatic carbocycles. The summed E-state index contributed by atoms with van der Waals surface area (Å²) in [4.78, 5) is 13.6. The highest BCUT2D eigenvalue weighted by atomic mass is 35.5. The summed E-state index contributed by atoms with van der Waals surface area (Å²) in [6.45, 7) is 0. The molecule has 0 saturated heterocycles. The van der Waals surface area contributed by atoms with E-state index in [1.54, 1.807) is 42.5 Å². The smallest absolute Gasteiger partial charge is 0.164 e. The lowest BCUT2D eigenvalue weighted by molar-refractivity contribution is 0.0982. The molecule has 0 amide bonds. The van der Waals surface area contributed by atoms with Gasteiger partial charge in [-0.15, -0.1) is 11.8 Å². The summed E-state index contributed by atoms with van der Waals surface area (Å²) in [6.07, 6.45) is 0.220. The zero-order chi connectivity index (χ0) is 17.6. The largest absolute Gasteiger partial charge is 0.294 e. The van der Waals surface area contributed by atoms with E-state index in [1.807, 2.05) is 30.3 Å². The molecular weight excluding hydrogens is 355 g/mol. The van der Waals surface area contributed by atoms with E-state index in [-0.39, 0.29) is 23.3 Å². The van der Waals surface area contributed by atoms with Gasteiger partial charge in [-0.3, -0.25) is 4.79 Å². The van der Waals surface area contributed by atoms with Crippen molar-refractivity contribution in [2.24, 2.45) is 0 Å². The Hall–Kier alpha value is -2.10. The molecule has 4 heteroatoms. The maximum atomic E-state index is 14.3. The van der Waals surface area contributed by atoms with Crippen LogP contribution in [0.3, 0.4) is 0 Å². The third-order valence-corrected chi connectivity index (χ3v) is 5.31. The topological polar surface area (TPSA) is 17.1 Å². The van der Waals surface area contributed by atoms with E-state index in [0.717, 1.165) is 4.90 Å². The number of hydrogen-bond acceptors (Lipinski definition) is 2. The predicted molar refractivity (Wildman–Crippen MR) is 102 cm³/mol. The van der Waals surface area contributed by atoms with E-state index in [2.05, 4.69) is 0 Å². The van der Waals surface area contributed by atoms with E-state index in [0.29, 0.717) is 16.1 Å². The molecule has 0 aliphatic heterocycles. The molecule has 0 heterocycles. The van der Waals surface area contributed by atoms with Crippen LogP contribution in [-0.4, -0.2) is 5.78 Å². The molecule has 0 radical (unpaired) electrons. The predicted octanol–water partition coefficient (Wildman–Crippen LogP) is 6.59. The van der Waals surface area contributed by atoms with Gasteiger partial charge in [0.05, 0.1) is 0 Å². The zero-order valence-corrected chi connectivity index (χ0v) is 14.9. The number of halogens is 2. The van der Waals surface area contributed by atoms with Crippen LogP contribution >= 0.6 is 23.4 Å². The lowest BCUT2D eigenvalue weighted by Gasteiger charge is -2.17. The summed E-state index contributed by atoms with van der Waals surface area (Å²) < 4.78 is 14.3. The number of Topliss-reactive ketones (excluding diaryl/α,β-unsaturated/α-hetero) is 1. The van der Waals surface area contributed by atoms with E-state index in [4.69, 9.17) is 11.6 Å². The van der Waals surface area contributed by atoms with Crippen molar-refractivity contribution in [3.05, 3.63) is 101 Å². The van der Waals surface area contributed by atoms with Crippen LogP contribution in [0.4, 0.5) is 4.39 Å². The molecule has 1 unspecified atom stereocenters. The average Bonchev–Trinajstić information content (AvgIpc) is 2.64. The second-order valence-electron chi connectivity index (χ2n) is 5.58. The van der Waals surface area contributed by atoms with Crippen LogP contribution in [0.5, 0.6) is 0 Å². The number of benzene rings is 3. The van der Waals surface area contributed by atoms with Gasteiger partial charge in [0, 0.05) is 32.7 Å². The Morgan fingerprint density at radius 2 is 1.56 bits per heavy atom. The second kappa shape index (κ2) is 8.32. The first-order valence-electron chi connectivity index (χ1n) is 7.88. The fourth-order valence-electron chi connectivity index (χ4n) is 2.54. The average molecular weight is 371 g/mol. The van der Waals surface area contributed by atoms with Gasteiger partial charge in [0.1, 0.15) is 5.82 Å². The Balaban J connectivity index is 1.87. The summed E-state index contributed by atoms with van der Waals surface area (Å²) >= 11 is 7.40. The highest BCUT2D eigenvalue weighted by Gasteiger charge is 2.21. The fraction of sp³-hybridized carbons (Fsp3) is 0.0952. The molecule has 3 aromatic carbocycles. The van der Waals surface area contributed by atoms with Crippen molar-refractivity contribution in [3.8, 4) is 0 Å². The van der Waals surface area contributed by atoms with Gasteiger partial charge in [-0.25, -0.2) is 4.39 Å². The van der Waals surface area contributed by atoms with Crippen LogP contribution in [0.2, 0.25) is 5.02 Å². The second-order valence-corrected chi connectivity index (χ2v) is 7.29. The van der Waals surface area contributed by atoms with Crippen LogP contribution in [0, 0.1) is 5.82 Å². The van der Waals surface area contributed by atoms with Crippen molar-refractivity contribution in [2.45, 2.75) is 16.6 Å². The molecule has 1 atom stereocenters. The van der Waals surface area contributed by atoms with Gasteiger partial charge < -0.3 is 0 Å². The van der Waals surface area contributed by atoms with Crippen molar-refractivity contribution in [2.75, 3.05) is 0 Å². The van der Waals surface area contributed by atoms with Gasteiger partial charge >= 0.3 is 0 Å². The highest BCUT2D eigenvalue weighted by molar-refractivity contribution is 7.99. The molecule has 3 rings (SSSR count).